The number of hydrogen-bond donors (Lipinski definition) is 2. The van der Waals surface area contributed by atoms with Gasteiger partial charge in [0.1, 0.15) is 5.82 Å². The Kier molecular flexibility index (Phi) is 5.02. The zero-order valence-electron chi connectivity index (χ0n) is 13.7. The highest BCUT2D eigenvalue weighted by Gasteiger charge is 2.34. The Morgan fingerprint density at radius 3 is 2.54 bits per heavy atom. The maximum atomic E-state index is 13.4. The van der Waals surface area contributed by atoms with Crippen LogP contribution in [-0.2, 0) is 6.18 Å². The van der Waals surface area contributed by atoms with Gasteiger partial charge in [-0.05, 0) is 40.6 Å². The minimum absolute atomic E-state index is 0.193. The maximum absolute atomic E-state index is 13.4. The number of pyridine rings is 1. The van der Waals surface area contributed by atoms with Crippen LogP contribution in [0.25, 0.3) is 0 Å². The van der Waals surface area contributed by atoms with E-state index in [1.165, 1.54) is 24.5 Å². The maximum Gasteiger partial charge on any atom is 0.419 e. The minimum atomic E-state index is -4.90. The minimum Gasteiger partial charge on any atom is -0.382 e. The van der Waals surface area contributed by atoms with Gasteiger partial charge in [-0.3, -0.25) is 9.78 Å². The topological polar surface area (TPSA) is 119 Å². The summed E-state index contributed by atoms with van der Waals surface area (Å²) in [7, 11) is 0. The van der Waals surface area contributed by atoms with E-state index in [-0.39, 0.29) is 22.8 Å². The Hall–Kier alpha value is -3.83. The third-order valence-electron chi connectivity index (χ3n) is 3.41. The second-order valence-electron chi connectivity index (χ2n) is 5.31. The predicted octanol–water partition coefficient (Wildman–Crippen LogP) is 2.91. The van der Waals surface area contributed by atoms with Crippen LogP contribution in [0.1, 0.15) is 21.6 Å². The molecule has 8 nitrogen and oxygen atoms in total. The van der Waals surface area contributed by atoms with E-state index in [4.69, 9.17) is 5.73 Å². The van der Waals surface area contributed by atoms with Gasteiger partial charge >= 0.3 is 6.18 Å². The first kappa shape index (κ1) is 18.9. The summed E-state index contributed by atoms with van der Waals surface area (Å²) in [5.41, 5.74) is 4.01. The first-order chi connectivity index (χ1) is 13.3. The van der Waals surface area contributed by atoms with Crippen molar-refractivity contribution < 1.29 is 27.0 Å². The molecule has 2 heterocycles. The molecule has 0 saturated carbocycles. The molecule has 0 saturated heterocycles. The van der Waals surface area contributed by atoms with Gasteiger partial charge in [0.15, 0.2) is 11.5 Å². The molecule has 1 amide bonds. The van der Waals surface area contributed by atoms with Crippen molar-refractivity contribution >= 4 is 23.2 Å². The molecule has 0 aliphatic heterocycles. The molecular weight excluding hydrogens is 384 g/mol. The van der Waals surface area contributed by atoms with Crippen LogP contribution in [0.2, 0.25) is 0 Å². The molecule has 0 spiro atoms. The number of anilines is 1. The Bertz CT molecular complexity index is 1030. The number of amides is 1. The predicted molar refractivity (Wildman–Crippen MR) is 88.3 cm³/mol. The van der Waals surface area contributed by atoms with Crippen LogP contribution in [0.5, 0.6) is 0 Å². The number of aliphatic imine (C=N–C) groups is 1. The summed E-state index contributed by atoms with van der Waals surface area (Å²) in [5, 5.41) is 9.35. The van der Waals surface area contributed by atoms with Crippen molar-refractivity contribution in [2.45, 2.75) is 6.18 Å². The highest BCUT2D eigenvalue weighted by Crippen LogP contribution is 2.33. The van der Waals surface area contributed by atoms with Crippen molar-refractivity contribution in [1.29, 1.82) is 0 Å². The van der Waals surface area contributed by atoms with Crippen LogP contribution >= 0.6 is 0 Å². The fourth-order valence-electron chi connectivity index (χ4n) is 2.11. The van der Waals surface area contributed by atoms with Gasteiger partial charge in [-0.25, -0.2) is 14.0 Å². The van der Waals surface area contributed by atoms with Gasteiger partial charge in [0.2, 0.25) is 5.82 Å². The molecule has 0 fully saturated rings. The number of alkyl halides is 3. The zero-order valence-corrected chi connectivity index (χ0v) is 13.7. The van der Waals surface area contributed by atoms with Gasteiger partial charge in [0, 0.05) is 18.0 Å². The van der Waals surface area contributed by atoms with Crippen LogP contribution < -0.4 is 11.1 Å². The second kappa shape index (κ2) is 7.42. The summed E-state index contributed by atoms with van der Waals surface area (Å²) < 4.78 is 56.3. The Morgan fingerprint density at radius 2 is 1.86 bits per heavy atom. The van der Waals surface area contributed by atoms with Gasteiger partial charge in [0.05, 0.1) is 11.3 Å². The summed E-state index contributed by atoms with van der Waals surface area (Å²) in [6.45, 7) is 0. The van der Waals surface area contributed by atoms with E-state index in [0.29, 0.717) is 12.1 Å². The molecule has 28 heavy (non-hydrogen) atoms. The van der Waals surface area contributed by atoms with Gasteiger partial charge < -0.3 is 11.1 Å². The quantitative estimate of drug-likeness (QED) is 0.399. The Balaban J connectivity index is 1.87. The Labute approximate surface area is 154 Å². The van der Waals surface area contributed by atoms with Crippen molar-refractivity contribution in [2.75, 3.05) is 5.32 Å². The fourth-order valence-corrected chi connectivity index (χ4v) is 2.11. The average molecular weight is 394 g/mol. The summed E-state index contributed by atoms with van der Waals surface area (Å²) >= 11 is 0. The van der Waals surface area contributed by atoms with Crippen LogP contribution in [0, 0.1) is 5.82 Å². The first-order valence-corrected chi connectivity index (χ1v) is 7.51. The van der Waals surface area contributed by atoms with Crippen LogP contribution in [0.3, 0.4) is 0 Å². The van der Waals surface area contributed by atoms with E-state index in [0.717, 1.165) is 6.07 Å². The van der Waals surface area contributed by atoms with Crippen molar-refractivity contribution in [1.82, 2.24) is 15.3 Å². The number of nitrogens with one attached hydrogen (secondary N) is 1. The van der Waals surface area contributed by atoms with E-state index < -0.39 is 29.3 Å². The molecule has 0 bridgehead atoms. The smallest absolute Gasteiger partial charge is 0.382 e. The largest absolute Gasteiger partial charge is 0.419 e. The Morgan fingerprint density at radius 1 is 1.14 bits per heavy atom. The van der Waals surface area contributed by atoms with Crippen molar-refractivity contribution in [3.8, 4) is 0 Å². The highest BCUT2D eigenvalue weighted by atomic mass is 19.4. The molecule has 12 heteroatoms. The monoisotopic (exact) mass is 394 g/mol. The molecule has 0 unspecified atom stereocenters. The van der Waals surface area contributed by atoms with Crippen LogP contribution in [-0.4, -0.2) is 27.0 Å². The average Bonchev–Trinajstić information content (AvgIpc) is 3.11. The van der Waals surface area contributed by atoms with E-state index in [1.807, 2.05) is 0 Å². The number of carbonyl (C=O) groups excluding carboxylic acids is 1. The van der Waals surface area contributed by atoms with Gasteiger partial charge in [-0.2, -0.15) is 13.2 Å². The molecular formula is C16H10F4N6O2. The standard InChI is InChI=1S/C16H10F4N6O2/c17-11-2-1-9(7-10(11)16(18,19)20)23-13(21)12-14(26-28-25-12)24-15(27)8-3-5-22-6-4-8/h1-7H,(H2,21,23)(H,24,26,27). The fraction of sp³-hybridized carbons (Fsp3) is 0.0625. The SMILES string of the molecule is NC(=Nc1ccc(F)c(C(F)(F)F)c1)c1nonc1NC(=O)c1ccncc1. The summed E-state index contributed by atoms with van der Waals surface area (Å²) in [6.07, 6.45) is -2.09. The second-order valence-corrected chi connectivity index (χ2v) is 5.31. The van der Waals surface area contributed by atoms with Crippen LogP contribution in [0.4, 0.5) is 29.1 Å². The molecule has 144 valence electrons. The summed E-state index contributed by atoms with van der Waals surface area (Å²) in [4.78, 5) is 19.7. The van der Waals surface area contributed by atoms with Crippen LogP contribution in [0.15, 0.2) is 52.3 Å². The highest BCUT2D eigenvalue weighted by molar-refractivity contribution is 6.08. The van der Waals surface area contributed by atoms with Crippen molar-refractivity contribution in [2.24, 2.45) is 10.7 Å². The number of nitrogens with two attached hydrogens (primary N) is 1. The lowest BCUT2D eigenvalue weighted by atomic mass is 10.2. The number of rotatable bonds is 4. The number of amidine groups is 1. The van der Waals surface area contributed by atoms with Gasteiger partial charge in [0.25, 0.3) is 5.91 Å². The first-order valence-electron chi connectivity index (χ1n) is 7.51. The molecule has 0 atom stereocenters. The lowest BCUT2D eigenvalue weighted by Crippen LogP contribution is -2.19. The molecule has 3 rings (SSSR count). The van der Waals surface area contributed by atoms with E-state index >= 15 is 0 Å². The zero-order chi connectivity index (χ0) is 20.3. The van der Waals surface area contributed by atoms with E-state index in [1.54, 1.807) is 0 Å². The normalized spacial score (nSPS) is 12.1. The number of benzene rings is 1. The van der Waals surface area contributed by atoms with E-state index in [9.17, 15) is 22.4 Å². The molecule has 0 aliphatic carbocycles. The molecule has 3 aromatic rings. The number of hydrogen-bond acceptors (Lipinski definition) is 6. The number of nitrogens with zero attached hydrogens (tertiary/aromatic N) is 4. The van der Waals surface area contributed by atoms with Gasteiger partial charge in [-0.1, -0.05) is 0 Å². The molecule has 0 radical (unpaired) electrons. The lowest BCUT2D eigenvalue weighted by molar-refractivity contribution is -0.139. The van der Waals surface area contributed by atoms with Crippen molar-refractivity contribution in [3.63, 3.8) is 0 Å². The molecule has 1 aromatic carbocycles. The summed E-state index contributed by atoms with van der Waals surface area (Å²) in [5.74, 6) is -2.61. The lowest BCUT2D eigenvalue weighted by Gasteiger charge is -2.08. The van der Waals surface area contributed by atoms with E-state index in [2.05, 4.69) is 30.2 Å². The summed E-state index contributed by atoms with van der Waals surface area (Å²) in [6, 6.07) is 4.99. The molecule has 3 N–H and O–H groups in total. The number of aromatic nitrogens is 3. The third-order valence-corrected chi connectivity index (χ3v) is 3.41. The molecule has 2 aromatic heterocycles. The third kappa shape index (κ3) is 4.11. The number of carbonyl (C=O) groups is 1. The van der Waals surface area contributed by atoms with Crippen molar-refractivity contribution in [3.05, 3.63) is 65.4 Å². The molecule has 0 aliphatic rings. The van der Waals surface area contributed by atoms with Gasteiger partial charge in [-0.15, -0.1) is 0 Å². The number of halogens is 4.